The highest BCUT2D eigenvalue weighted by Crippen LogP contribution is 2.23. The molecule has 11 heteroatoms. The molecule has 0 aromatic heterocycles. The van der Waals surface area contributed by atoms with E-state index in [4.69, 9.17) is 5.73 Å². The molecule has 0 fully saturated rings. The van der Waals surface area contributed by atoms with Gasteiger partial charge in [-0.3, -0.25) is 14.5 Å². The van der Waals surface area contributed by atoms with Gasteiger partial charge in [0.15, 0.2) is 0 Å². The molecular formula is C8H11F6N3O2. The highest BCUT2D eigenvalue weighted by Gasteiger charge is 2.51. The molecule has 19 heavy (non-hydrogen) atoms. The molecule has 112 valence electrons. The Kier molecular flexibility index (Phi) is 6.22. The van der Waals surface area contributed by atoms with Crippen molar-refractivity contribution in [3.8, 4) is 0 Å². The lowest BCUT2D eigenvalue weighted by Crippen LogP contribution is -2.52. The number of hydrogen-bond donors (Lipinski definition) is 2. The van der Waals surface area contributed by atoms with Crippen LogP contribution in [0, 0.1) is 0 Å². The van der Waals surface area contributed by atoms with Gasteiger partial charge in [0.25, 0.3) is 0 Å². The second-order valence-electron chi connectivity index (χ2n) is 3.30. The first-order valence-corrected chi connectivity index (χ1v) is 4.92. The summed E-state index contributed by atoms with van der Waals surface area (Å²) in [6, 6.07) is 0. The summed E-state index contributed by atoms with van der Waals surface area (Å²) in [6.07, 6.45) is -11.1. The Labute approximate surface area is 103 Å². The lowest BCUT2D eigenvalue weighted by molar-refractivity contribution is -0.203. The van der Waals surface area contributed by atoms with Crippen LogP contribution >= 0.6 is 0 Å². The average Bonchev–Trinajstić information content (AvgIpc) is 2.25. The number of amides is 2. The van der Waals surface area contributed by atoms with Crippen molar-refractivity contribution in [2.24, 2.45) is 5.73 Å². The number of nitrogens with zero attached hydrogens (tertiary/aromatic N) is 1. The molecule has 3 N–H and O–H groups in total. The van der Waals surface area contributed by atoms with Crippen molar-refractivity contribution in [3.05, 3.63) is 0 Å². The number of rotatable bonds is 5. The molecule has 0 spiro atoms. The smallest absolute Gasteiger partial charge is 0.329 e. The summed E-state index contributed by atoms with van der Waals surface area (Å²) in [5.74, 6) is -5.71. The van der Waals surface area contributed by atoms with Gasteiger partial charge in [-0.15, -0.1) is 0 Å². The molecule has 0 heterocycles. The molecular weight excluding hydrogens is 284 g/mol. The summed E-state index contributed by atoms with van der Waals surface area (Å²) < 4.78 is 72.4. The maximum atomic E-state index is 12.1. The van der Waals surface area contributed by atoms with Gasteiger partial charge in [0, 0.05) is 26.2 Å². The minimum atomic E-state index is -5.56. The zero-order chi connectivity index (χ0) is 15.3. The minimum absolute atomic E-state index is 0.0977. The predicted molar refractivity (Wildman–Crippen MR) is 50.8 cm³/mol. The number of carbonyl (C=O) groups is 2. The van der Waals surface area contributed by atoms with Crippen molar-refractivity contribution < 1.29 is 35.9 Å². The van der Waals surface area contributed by atoms with Crippen LogP contribution in [0.4, 0.5) is 26.3 Å². The number of halogens is 6. The molecule has 0 unspecified atom stereocenters. The first-order chi connectivity index (χ1) is 8.51. The SMILES string of the molecule is NCCNCCN(C(=O)C(F)(F)F)C(=O)C(F)(F)F. The molecule has 0 aromatic carbocycles. The Bertz CT molecular complexity index is 301. The molecule has 0 aliphatic carbocycles. The third-order valence-corrected chi connectivity index (χ3v) is 1.81. The maximum Gasteiger partial charge on any atom is 0.471 e. The van der Waals surface area contributed by atoms with Gasteiger partial charge in [-0.2, -0.15) is 26.3 Å². The highest BCUT2D eigenvalue weighted by atomic mass is 19.4. The van der Waals surface area contributed by atoms with Crippen LogP contribution < -0.4 is 11.1 Å². The molecule has 0 atom stereocenters. The molecule has 0 radical (unpaired) electrons. The van der Waals surface area contributed by atoms with Crippen LogP contribution in [0.3, 0.4) is 0 Å². The average molecular weight is 295 g/mol. The minimum Gasteiger partial charge on any atom is -0.329 e. The largest absolute Gasteiger partial charge is 0.471 e. The predicted octanol–water partition coefficient (Wildman–Crippen LogP) is 0.0145. The molecule has 0 aliphatic rings. The lowest BCUT2D eigenvalue weighted by atomic mass is 10.4. The topological polar surface area (TPSA) is 75.4 Å². The fraction of sp³-hybridized carbons (Fsp3) is 0.750. The standard InChI is InChI=1S/C8H11F6N3O2/c9-7(10,11)5(18)17(4-3-16-2-1-15)6(19)8(12,13)14/h16H,1-4,15H2. The van der Waals surface area contributed by atoms with Crippen LogP contribution in [-0.4, -0.2) is 55.2 Å². The molecule has 0 saturated carbocycles. The molecule has 0 aromatic rings. The van der Waals surface area contributed by atoms with Crippen molar-refractivity contribution in [2.75, 3.05) is 26.2 Å². The fourth-order valence-corrected chi connectivity index (χ4v) is 1.02. The molecule has 0 aliphatic heterocycles. The third-order valence-electron chi connectivity index (χ3n) is 1.81. The Hall–Kier alpha value is -1.36. The summed E-state index contributed by atoms with van der Waals surface area (Å²) in [5.41, 5.74) is 5.03. The van der Waals surface area contributed by atoms with Gasteiger partial charge < -0.3 is 11.1 Å². The zero-order valence-electron chi connectivity index (χ0n) is 9.44. The number of alkyl halides is 6. The van der Waals surface area contributed by atoms with E-state index in [-0.39, 0.29) is 13.1 Å². The summed E-state index contributed by atoms with van der Waals surface area (Å²) in [6.45, 7) is -1.27. The van der Waals surface area contributed by atoms with Crippen molar-refractivity contribution >= 4 is 11.8 Å². The lowest BCUT2D eigenvalue weighted by Gasteiger charge is -2.22. The van der Waals surface area contributed by atoms with Crippen molar-refractivity contribution in [3.63, 3.8) is 0 Å². The van der Waals surface area contributed by atoms with Gasteiger partial charge in [0.2, 0.25) is 0 Å². The maximum absolute atomic E-state index is 12.1. The fourth-order valence-electron chi connectivity index (χ4n) is 1.02. The van der Waals surface area contributed by atoms with Crippen LogP contribution in [0.1, 0.15) is 0 Å². The first-order valence-electron chi connectivity index (χ1n) is 4.92. The monoisotopic (exact) mass is 295 g/mol. The van der Waals surface area contributed by atoms with Crippen LogP contribution in [-0.2, 0) is 9.59 Å². The molecule has 0 bridgehead atoms. The number of imide groups is 1. The normalized spacial score (nSPS) is 12.4. The van der Waals surface area contributed by atoms with Crippen molar-refractivity contribution in [2.45, 2.75) is 12.4 Å². The second kappa shape index (κ2) is 6.70. The summed E-state index contributed by atoms with van der Waals surface area (Å²) in [4.78, 5) is 20.6. The number of nitrogens with two attached hydrogens (primary N) is 1. The van der Waals surface area contributed by atoms with E-state index in [0.29, 0.717) is 0 Å². The Morgan fingerprint density at radius 2 is 1.37 bits per heavy atom. The van der Waals surface area contributed by atoms with Crippen LogP contribution in [0.25, 0.3) is 0 Å². The highest BCUT2D eigenvalue weighted by molar-refractivity contribution is 6.00. The number of carbonyl (C=O) groups excluding carboxylic acids is 2. The van der Waals surface area contributed by atoms with E-state index in [1.54, 1.807) is 0 Å². The molecule has 5 nitrogen and oxygen atoms in total. The summed E-state index contributed by atoms with van der Waals surface area (Å²) >= 11 is 0. The van der Waals surface area contributed by atoms with E-state index >= 15 is 0 Å². The van der Waals surface area contributed by atoms with E-state index in [1.807, 2.05) is 0 Å². The third kappa shape index (κ3) is 5.87. The first kappa shape index (κ1) is 17.6. The quantitative estimate of drug-likeness (QED) is 0.553. The number of nitrogens with one attached hydrogen (secondary N) is 1. The van der Waals surface area contributed by atoms with E-state index in [9.17, 15) is 35.9 Å². The Morgan fingerprint density at radius 1 is 0.947 bits per heavy atom. The summed E-state index contributed by atoms with van der Waals surface area (Å²) in [5, 5.41) is 2.37. The van der Waals surface area contributed by atoms with E-state index in [1.165, 1.54) is 0 Å². The molecule has 0 rings (SSSR count). The van der Waals surface area contributed by atoms with Gasteiger partial charge >= 0.3 is 24.2 Å². The van der Waals surface area contributed by atoms with Gasteiger partial charge in [-0.05, 0) is 0 Å². The summed E-state index contributed by atoms with van der Waals surface area (Å²) in [7, 11) is 0. The van der Waals surface area contributed by atoms with Crippen LogP contribution in [0.2, 0.25) is 0 Å². The van der Waals surface area contributed by atoms with Gasteiger partial charge in [-0.25, -0.2) is 0 Å². The van der Waals surface area contributed by atoms with Crippen LogP contribution in [0.15, 0.2) is 0 Å². The Balaban J connectivity index is 4.85. The van der Waals surface area contributed by atoms with Gasteiger partial charge in [0.05, 0.1) is 0 Å². The van der Waals surface area contributed by atoms with E-state index in [0.717, 1.165) is 0 Å². The van der Waals surface area contributed by atoms with Gasteiger partial charge in [-0.1, -0.05) is 0 Å². The van der Waals surface area contributed by atoms with Gasteiger partial charge in [0.1, 0.15) is 0 Å². The molecule has 2 amide bonds. The van der Waals surface area contributed by atoms with Crippen LogP contribution in [0.5, 0.6) is 0 Å². The van der Waals surface area contributed by atoms with Crippen molar-refractivity contribution in [1.82, 2.24) is 10.2 Å². The van der Waals surface area contributed by atoms with E-state index in [2.05, 4.69) is 5.32 Å². The second-order valence-corrected chi connectivity index (χ2v) is 3.30. The van der Waals surface area contributed by atoms with Crippen molar-refractivity contribution in [1.29, 1.82) is 0 Å². The van der Waals surface area contributed by atoms with E-state index < -0.39 is 42.2 Å². The number of hydrogen-bond acceptors (Lipinski definition) is 4. The Morgan fingerprint density at radius 3 is 1.68 bits per heavy atom. The zero-order valence-corrected chi connectivity index (χ0v) is 9.44. The molecule has 0 saturated heterocycles.